The SMILES string of the molecule is c1ccc2cc(-c3nc(-n4c5ccc(-n6c7ccccc7c7ccccc76)cc5n5c6ccccc6cc45)nc4ccccc34)ccc2c1. The Labute approximate surface area is 280 Å². The summed E-state index contributed by atoms with van der Waals surface area (Å²) < 4.78 is 6.96. The molecule has 4 aromatic heterocycles. The van der Waals surface area contributed by atoms with E-state index in [9.17, 15) is 0 Å². The Balaban J connectivity index is 1.22. The van der Waals surface area contributed by atoms with Crippen molar-refractivity contribution in [3.05, 3.63) is 164 Å². The number of benzene rings is 7. The summed E-state index contributed by atoms with van der Waals surface area (Å²) in [7, 11) is 0. The topological polar surface area (TPSA) is 40.0 Å². The summed E-state index contributed by atoms with van der Waals surface area (Å²) in [6, 6.07) is 58.3. The molecule has 0 N–H and O–H groups in total. The minimum atomic E-state index is 0.647. The van der Waals surface area contributed by atoms with E-state index in [2.05, 4.69) is 177 Å². The standard InChI is InChI=1S/C44H27N5/c1-2-12-29-25-31(22-21-28(29)11-1)43-35-16-4-7-17-36(35)45-44(46-43)49-40-24-23-32(27-41(40)48-37-18-8-3-13-30(37)26-42(48)49)47-38-19-9-5-14-33(38)34-15-6-10-20-39(34)47/h1-27H. The number of nitrogens with zero attached hydrogens (tertiary/aromatic N) is 5. The maximum atomic E-state index is 5.38. The van der Waals surface area contributed by atoms with Crippen molar-refractivity contribution in [3.63, 3.8) is 0 Å². The number of hydrogen-bond donors (Lipinski definition) is 0. The summed E-state index contributed by atoms with van der Waals surface area (Å²) in [5.74, 6) is 0.647. The van der Waals surface area contributed by atoms with E-state index in [-0.39, 0.29) is 0 Å². The molecule has 0 spiro atoms. The van der Waals surface area contributed by atoms with E-state index in [4.69, 9.17) is 9.97 Å². The van der Waals surface area contributed by atoms with Crippen LogP contribution < -0.4 is 0 Å². The lowest BCUT2D eigenvalue weighted by molar-refractivity contribution is 1.00. The molecule has 0 saturated heterocycles. The fourth-order valence-corrected chi connectivity index (χ4v) is 7.83. The summed E-state index contributed by atoms with van der Waals surface area (Å²) in [5, 5.41) is 7.10. The second-order valence-corrected chi connectivity index (χ2v) is 12.7. The Kier molecular flexibility index (Phi) is 5.32. The molecule has 0 bridgehead atoms. The molecule has 0 unspecified atom stereocenters. The molecule has 0 atom stereocenters. The minimum absolute atomic E-state index is 0.647. The van der Waals surface area contributed by atoms with Crippen LogP contribution in [-0.2, 0) is 0 Å². The van der Waals surface area contributed by atoms with E-state index >= 15 is 0 Å². The van der Waals surface area contributed by atoms with Crippen molar-refractivity contribution < 1.29 is 0 Å². The summed E-state index contributed by atoms with van der Waals surface area (Å²) in [4.78, 5) is 10.6. The van der Waals surface area contributed by atoms with Gasteiger partial charge in [0.2, 0.25) is 5.95 Å². The summed E-state index contributed by atoms with van der Waals surface area (Å²) >= 11 is 0. The number of aromatic nitrogens is 5. The van der Waals surface area contributed by atoms with Gasteiger partial charge in [-0.3, -0.25) is 8.97 Å². The van der Waals surface area contributed by atoms with Crippen LogP contribution in [0.2, 0.25) is 0 Å². The van der Waals surface area contributed by atoms with Gasteiger partial charge < -0.3 is 4.57 Å². The molecule has 11 aromatic rings. The first-order valence-corrected chi connectivity index (χ1v) is 16.6. The van der Waals surface area contributed by atoms with Crippen LogP contribution in [0.25, 0.3) is 94.0 Å². The van der Waals surface area contributed by atoms with Crippen molar-refractivity contribution >= 4 is 71.1 Å². The quantitative estimate of drug-likeness (QED) is 0.196. The third-order valence-electron chi connectivity index (χ3n) is 10.0. The van der Waals surface area contributed by atoms with Gasteiger partial charge in [-0.15, -0.1) is 0 Å². The molecule has 0 amide bonds. The molecule has 0 aliphatic heterocycles. The predicted molar refractivity (Wildman–Crippen MR) is 202 cm³/mol. The molecule has 5 heteroatoms. The van der Waals surface area contributed by atoms with Crippen LogP contribution >= 0.6 is 0 Å². The maximum Gasteiger partial charge on any atom is 0.237 e. The Bertz CT molecular complexity index is 3070. The molecular weight excluding hydrogens is 599 g/mol. The number of imidazole rings is 1. The van der Waals surface area contributed by atoms with Gasteiger partial charge in [-0.1, -0.05) is 109 Å². The van der Waals surface area contributed by atoms with Crippen molar-refractivity contribution in [2.24, 2.45) is 0 Å². The summed E-state index contributed by atoms with van der Waals surface area (Å²) in [6.45, 7) is 0. The zero-order valence-electron chi connectivity index (χ0n) is 26.3. The highest BCUT2D eigenvalue weighted by molar-refractivity contribution is 6.09. The lowest BCUT2D eigenvalue weighted by atomic mass is 10.0. The van der Waals surface area contributed by atoms with Crippen molar-refractivity contribution in [1.82, 2.24) is 23.5 Å². The average Bonchev–Trinajstić information content (AvgIpc) is 3.81. The van der Waals surface area contributed by atoms with Gasteiger partial charge in [0.25, 0.3) is 0 Å². The molecule has 0 aliphatic rings. The fourth-order valence-electron chi connectivity index (χ4n) is 7.83. The smallest absolute Gasteiger partial charge is 0.237 e. The van der Waals surface area contributed by atoms with Gasteiger partial charge in [0.1, 0.15) is 5.65 Å². The van der Waals surface area contributed by atoms with Crippen molar-refractivity contribution in [2.45, 2.75) is 0 Å². The molecule has 7 aromatic carbocycles. The highest BCUT2D eigenvalue weighted by atomic mass is 15.2. The van der Waals surface area contributed by atoms with Crippen LogP contribution in [0.5, 0.6) is 0 Å². The number of para-hydroxylation sites is 4. The van der Waals surface area contributed by atoms with Crippen LogP contribution in [0.1, 0.15) is 0 Å². The zero-order chi connectivity index (χ0) is 32.1. The molecule has 0 aliphatic carbocycles. The van der Waals surface area contributed by atoms with Gasteiger partial charge in [-0.2, -0.15) is 0 Å². The zero-order valence-corrected chi connectivity index (χ0v) is 26.3. The van der Waals surface area contributed by atoms with Gasteiger partial charge in [0.05, 0.1) is 38.8 Å². The number of hydrogen-bond acceptors (Lipinski definition) is 2. The average molecular weight is 626 g/mol. The normalized spacial score (nSPS) is 12.1. The van der Waals surface area contributed by atoms with Gasteiger partial charge >= 0.3 is 0 Å². The van der Waals surface area contributed by atoms with Crippen molar-refractivity contribution in [2.75, 3.05) is 0 Å². The maximum absolute atomic E-state index is 5.38. The van der Waals surface area contributed by atoms with Gasteiger partial charge in [0.15, 0.2) is 0 Å². The van der Waals surface area contributed by atoms with Crippen LogP contribution in [0.4, 0.5) is 0 Å². The lowest BCUT2D eigenvalue weighted by Gasteiger charge is -2.12. The van der Waals surface area contributed by atoms with Crippen LogP contribution in [-0.4, -0.2) is 23.5 Å². The molecule has 49 heavy (non-hydrogen) atoms. The first-order chi connectivity index (χ1) is 24.3. The van der Waals surface area contributed by atoms with E-state index in [0.29, 0.717) is 5.95 Å². The Hall–Kier alpha value is -6.72. The van der Waals surface area contributed by atoms with Crippen LogP contribution in [0, 0.1) is 0 Å². The third kappa shape index (κ3) is 3.75. The lowest BCUT2D eigenvalue weighted by Crippen LogP contribution is -2.03. The Morgan fingerprint density at radius 2 is 1.04 bits per heavy atom. The highest BCUT2D eigenvalue weighted by Crippen LogP contribution is 2.37. The van der Waals surface area contributed by atoms with E-state index in [1.54, 1.807) is 0 Å². The second kappa shape index (κ2) is 9.89. The molecule has 0 saturated carbocycles. The van der Waals surface area contributed by atoms with Crippen molar-refractivity contribution in [1.29, 1.82) is 0 Å². The third-order valence-corrected chi connectivity index (χ3v) is 10.0. The van der Waals surface area contributed by atoms with Crippen LogP contribution in [0.3, 0.4) is 0 Å². The van der Waals surface area contributed by atoms with E-state index in [1.165, 1.54) is 38.0 Å². The van der Waals surface area contributed by atoms with E-state index < -0.39 is 0 Å². The van der Waals surface area contributed by atoms with E-state index in [0.717, 1.165) is 50.0 Å². The van der Waals surface area contributed by atoms with Crippen LogP contribution in [0.15, 0.2) is 164 Å². The Morgan fingerprint density at radius 3 is 1.84 bits per heavy atom. The number of fused-ring (bicyclic) bond motifs is 10. The molecule has 11 rings (SSSR count). The largest absolute Gasteiger partial charge is 0.309 e. The molecule has 228 valence electrons. The first-order valence-electron chi connectivity index (χ1n) is 16.6. The Morgan fingerprint density at radius 1 is 0.388 bits per heavy atom. The fraction of sp³-hybridized carbons (Fsp3) is 0. The van der Waals surface area contributed by atoms with Crippen molar-refractivity contribution in [3.8, 4) is 22.9 Å². The molecule has 0 radical (unpaired) electrons. The monoisotopic (exact) mass is 625 g/mol. The molecule has 5 nitrogen and oxygen atoms in total. The molecule has 0 fully saturated rings. The summed E-state index contributed by atoms with van der Waals surface area (Å²) in [6.07, 6.45) is 0. The molecular formula is C44H27N5. The predicted octanol–water partition coefficient (Wildman–Crippen LogP) is 10.9. The van der Waals surface area contributed by atoms with Gasteiger partial charge in [0, 0.05) is 32.8 Å². The summed E-state index contributed by atoms with van der Waals surface area (Å²) in [5.41, 5.74) is 10.7. The van der Waals surface area contributed by atoms with Gasteiger partial charge in [-0.25, -0.2) is 9.97 Å². The minimum Gasteiger partial charge on any atom is -0.309 e. The second-order valence-electron chi connectivity index (χ2n) is 12.7. The van der Waals surface area contributed by atoms with Gasteiger partial charge in [-0.05, 0) is 65.4 Å². The number of rotatable bonds is 3. The van der Waals surface area contributed by atoms with E-state index in [1.807, 2.05) is 0 Å². The highest BCUT2D eigenvalue weighted by Gasteiger charge is 2.21. The first kappa shape index (κ1) is 26.4. The molecule has 4 heterocycles.